The molecule has 0 amide bonds. The quantitative estimate of drug-likeness (QED) is 0.691. The molecule has 0 atom stereocenters. The van der Waals surface area contributed by atoms with Crippen molar-refractivity contribution in [3.05, 3.63) is 0 Å². The molecule has 84 valence electrons. The minimum atomic E-state index is -1.84. The summed E-state index contributed by atoms with van der Waals surface area (Å²) in [6.07, 6.45) is 5.65. The standard InChI is InChI=1S/C10H24O2Si2/c1-13(2,3)12-14(4,5)11-10-8-6-7-9-10/h10H,6-9H2,1-5H3. The molecule has 4 heteroatoms. The highest BCUT2D eigenvalue weighted by molar-refractivity contribution is 6.81. The second kappa shape index (κ2) is 4.47. The van der Waals surface area contributed by atoms with Gasteiger partial charge in [-0.3, -0.25) is 0 Å². The van der Waals surface area contributed by atoms with E-state index < -0.39 is 16.9 Å². The molecule has 0 heterocycles. The van der Waals surface area contributed by atoms with Gasteiger partial charge in [0.05, 0.1) is 0 Å². The van der Waals surface area contributed by atoms with Crippen molar-refractivity contribution >= 4 is 16.9 Å². The topological polar surface area (TPSA) is 18.5 Å². The summed E-state index contributed by atoms with van der Waals surface area (Å²) in [5, 5.41) is 0. The van der Waals surface area contributed by atoms with Crippen LogP contribution in [0, 0.1) is 0 Å². The molecule has 2 nitrogen and oxygen atoms in total. The van der Waals surface area contributed by atoms with Crippen LogP contribution in [-0.2, 0) is 8.54 Å². The zero-order chi connectivity index (χ0) is 10.8. The minimum absolute atomic E-state index is 0.494. The smallest absolute Gasteiger partial charge is 0.321 e. The molecule has 0 aromatic heterocycles. The van der Waals surface area contributed by atoms with Gasteiger partial charge in [-0.05, 0) is 45.6 Å². The van der Waals surface area contributed by atoms with Gasteiger partial charge in [-0.2, -0.15) is 0 Å². The van der Waals surface area contributed by atoms with E-state index in [1.165, 1.54) is 25.7 Å². The lowest BCUT2D eigenvalue weighted by molar-refractivity contribution is 0.162. The van der Waals surface area contributed by atoms with Gasteiger partial charge in [-0.25, -0.2) is 0 Å². The van der Waals surface area contributed by atoms with Gasteiger partial charge in [-0.1, -0.05) is 12.8 Å². The van der Waals surface area contributed by atoms with E-state index in [4.69, 9.17) is 8.54 Å². The Hall–Kier alpha value is 0.354. The Labute approximate surface area is 90.4 Å². The van der Waals surface area contributed by atoms with Crippen molar-refractivity contribution in [2.75, 3.05) is 0 Å². The predicted molar refractivity (Wildman–Crippen MR) is 65.3 cm³/mol. The van der Waals surface area contributed by atoms with Crippen LogP contribution in [0.25, 0.3) is 0 Å². The van der Waals surface area contributed by atoms with Crippen molar-refractivity contribution in [3.8, 4) is 0 Å². The van der Waals surface area contributed by atoms with E-state index in [1.807, 2.05) is 0 Å². The first kappa shape index (κ1) is 12.4. The van der Waals surface area contributed by atoms with Gasteiger partial charge in [0.1, 0.15) is 0 Å². The van der Waals surface area contributed by atoms with Crippen LogP contribution < -0.4 is 0 Å². The SMILES string of the molecule is C[Si](C)(C)O[Si](C)(C)OC1CCCC1. The highest BCUT2D eigenvalue weighted by Crippen LogP contribution is 2.26. The molecule has 0 aliphatic heterocycles. The van der Waals surface area contributed by atoms with Gasteiger partial charge in [-0.15, -0.1) is 0 Å². The van der Waals surface area contributed by atoms with Crippen molar-refractivity contribution < 1.29 is 8.54 Å². The molecule has 0 radical (unpaired) electrons. The molecule has 0 aromatic carbocycles. The monoisotopic (exact) mass is 232 g/mol. The summed E-state index contributed by atoms with van der Waals surface area (Å²) in [6.45, 7) is 11.1. The van der Waals surface area contributed by atoms with E-state index in [0.717, 1.165) is 0 Å². The molecule has 14 heavy (non-hydrogen) atoms. The Morgan fingerprint density at radius 2 is 1.43 bits per heavy atom. The molecular formula is C10H24O2Si2. The Morgan fingerprint density at radius 3 is 1.86 bits per heavy atom. The van der Waals surface area contributed by atoms with Crippen molar-refractivity contribution in [1.29, 1.82) is 0 Å². The van der Waals surface area contributed by atoms with Crippen molar-refractivity contribution in [2.24, 2.45) is 0 Å². The molecule has 1 rings (SSSR count). The first-order chi connectivity index (χ1) is 6.29. The van der Waals surface area contributed by atoms with Crippen LogP contribution >= 0.6 is 0 Å². The van der Waals surface area contributed by atoms with Crippen LogP contribution in [0.5, 0.6) is 0 Å². The van der Waals surface area contributed by atoms with Crippen LogP contribution in [0.3, 0.4) is 0 Å². The van der Waals surface area contributed by atoms with Gasteiger partial charge in [0.2, 0.25) is 0 Å². The van der Waals surface area contributed by atoms with E-state index in [2.05, 4.69) is 32.7 Å². The zero-order valence-electron chi connectivity index (χ0n) is 10.2. The highest BCUT2D eigenvalue weighted by atomic mass is 28.4. The van der Waals surface area contributed by atoms with E-state index in [1.54, 1.807) is 0 Å². The normalized spacial score (nSPS) is 20.4. The van der Waals surface area contributed by atoms with Gasteiger partial charge in [0.15, 0.2) is 8.32 Å². The minimum Gasteiger partial charge on any atom is -0.436 e. The Kier molecular flexibility index (Phi) is 3.97. The molecule has 0 spiro atoms. The summed E-state index contributed by atoms with van der Waals surface area (Å²) in [6, 6.07) is 0. The first-order valence-electron chi connectivity index (χ1n) is 5.66. The van der Waals surface area contributed by atoms with Crippen LogP contribution in [0.15, 0.2) is 0 Å². The molecule has 0 unspecified atom stereocenters. The van der Waals surface area contributed by atoms with E-state index in [-0.39, 0.29) is 0 Å². The average Bonchev–Trinajstić information content (AvgIpc) is 2.31. The second-order valence-electron chi connectivity index (χ2n) is 5.64. The Balaban J connectivity index is 2.40. The fourth-order valence-corrected chi connectivity index (χ4v) is 9.30. The third-order valence-corrected chi connectivity index (χ3v) is 7.62. The predicted octanol–water partition coefficient (Wildman–Crippen LogP) is 3.50. The first-order valence-corrected chi connectivity index (χ1v) is 11.9. The molecule has 1 saturated carbocycles. The fourth-order valence-electron chi connectivity index (χ4n) is 2.17. The van der Waals surface area contributed by atoms with Gasteiger partial charge >= 0.3 is 8.56 Å². The van der Waals surface area contributed by atoms with Crippen molar-refractivity contribution in [3.63, 3.8) is 0 Å². The van der Waals surface area contributed by atoms with Gasteiger partial charge in [0.25, 0.3) is 0 Å². The molecule has 1 aliphatic rings. The molecule has 0 aromatic rings. The third-order valence-electron chi connectivity index (χ3n) is 2.30. The van der Waals surface area contributed by atoms with Crippen LogP contribution in [0.2, 0.25) is 32.7 Å². The molecule has 0 saturated heterocycles. The highest BCUT2D eigenvalue weighted by Gasteiger charge is 2.34. The van der Waals surface area contributed by atoms with Gasteiger partial charge < -0.3 is 8.54 Å². The molecule has 0 bridgehead atoms. The second-order valence-corrected chi connectivity index (χ2v) is 13.7. The lowest BCUT2D eigenvalue weighted by Gasteiger charge is -2.33. The third kappa shape index (κ3) is 4.73. The summed E-state index contributed by atoms with van der Waals surface area (Å²) in [4.78, 5) is 0. The summed E-state index contributed by atoms with van der Waals surface area (Å²) >= 11 is 0. The summed E-state index contributed by atoms with van der Waals surface area (Å²) in [7, 11) is -3.27. The largest absolute Gasteiger partial charge is 0.436 e. The van der Waals surface area contributed by atoms with Crippen molar-refractivity contribution in [2.45, 2.75) is 64.5 Å². The summed E-state index contributed by atoms with van der Waals surface area (Å²) < 4.78 is 12.3. The maximum absolute atomic E-state index is 6.14. The van der Waals surface area contributed by atoms with E-state index in [9.17, 15) is 0 Å². The van der Waals surface area contributed by atoms with Crippen LogP contribution in [0.4, 0.5) is 0 Å². The zero-order valence-corrected chi connectivity index (χ0v) is 12.2. The fraction of sp³-hybridized carbons (Fsp3) is 1.00. The van der Waals surface area contributed by atoms with E-state index >= 15 is 0 Å². The summed E-state index contributed by atoms with van der Waals surface area (Å²) in [5.41, 5.74) is 0. The number of hydrogen-bond acceptors (Lipinski definition) is 2. The maximum Gasteiger partial charge on any atom is 0.321 e. The van der Waals surface area contributed by atoms with Crippen LogP contribution in [-0.4, -0.2) is 23.0 Å². The molecule has 1 aliphatic carbocycles. The van der Waals surface area contributed by atoms with Gasteiger partial charge in [0, 0.05) is 6.10 Å². The Morgan fingerprint density at radius 1 is 0.929 bits per heavy atom. The summed E-state index contributed by atoms with van der Waals surface area (Å²) in [5.74, 6) is 0. The van der Waals surface area contributed by atoms with E-state index in [0.29, 0.717) is 6.10 Å². The maximum atomic E-state index is 6.14. The lowest BCUT2D eigenvalue weighted by Crippen LogP contribution is -2.46. The molecular weight excluding hydrogens is 208 g/mol. The average molecular weight is 232 g/mol. The Bertz CT molecular complexity index is 181. The van der Waals surface area contributed by atoms with Crippen LogP contribution in [0.1, 0.15) is 25.7 Å². The number of hydrogen-bond donors (Lipinski definition) is 0. The number of rotatable bonds is 4. The molecule has 0 N–H and O–H groups in total. The molecule has 1 fully saturated rings. The lowest BCUT2D eigenvalue weighted by atomic mass is 10.3. The van der Waals surface area contributed by atoms with Crippen molar-refractivity contribution in [1.82, 2.24) is 0 Å².